The average Bonchev–Trinajstić information content (AvgIpc) is 1.57. The highest BCUT2D eigenvalue weighted by molar-refractivity contribution is 6.39. The van der Waals surface area contributed by atoms with Gasteiger partial charge in [0.05, 0.1) is 121 Å². The standard InChI is InChI=1S/C91H138N14O22/c1-58-19-12-11-13-20-59(2)73(116-8)54-68-27-24-64(7)91(115,127-68)85(112)88(113)103-35-16-14-22-71(103)89(114)125-75(55-74(117-9)60(3)50-63(6)83(110)84(111)82(109)62(5)49-58)61(4)51-65-25-28-70(76(52-65)118-10)105-56-67(100-102-105)21-18-23-77(106)95-33-39-121-43-47-124-46-42-120-38-31-79(108)96-34-40-122-44-48-123-45-41-119-37-30-78(107)94-32-15-17-36-104-87-80(86(92)97-57-98-87)81(101-104)66-26-29-72-69(53-66)99-90(93)126-72/h11-13,19-20,26,29,50,53,56-58,60-62,64-65,68,70-71,73-76,83-84,110-111,115H,14-18,21-25,27-28,30-49,51-52,54-55H2,1-10H3,(H2,93,99)(H,94,107)(H,95,106)(H,96,108)(H2,92,97,98)/b13-11+,19-12+,59-20+,63-50+/t58-,60-,61-,62-,64-,65+,68+,70+,71+,73+,74-,75+,76-,83-,84+,91-/m1/s1. The third-order valence-electron chi connectivity index (χ3n) is 24.4. The minimum atomic E-state index is -2.46. The van der Waals surface area contributed by atoms with Crippen LogP contribution in [0.2, 0.25) is 0 Å². The first-order valence-electron chi connectivity index (χ1n) is 45.1. The number of hydrogen-bond donors (Lipinski definition) is 8. The van der Waals surface area contributed by atoms with Gasteiger partial charge in [0.1, 0.15) is 47.7 Å². The summed E-state index contributed by atoms with van der Waals surface area (Å²) in [5.74, 6) is -7.80. The second-order valence-electron chi connectivity index (χ2n) is 34.0. The molecule has 4 aromatic heterocycles. The fourth-order valence-electron chi connectivity index (χ4n) is 17.0. The topological polar surface area (TPSA) is 473 Å². The number of ketones is 2. The van der Waals surface area contributed by atoms with Gasteiger partial charge in [0.25, 0.3) is 17.7 Å². The molecule has 2 bridgehead atoms. The Morgan fingerprint density at radius 3 is 2.03 bits per heavy atom. The molecule has 4 amide bonds. The predicted octanol–water partition coefficient (Wildman–Crippen LogP) is 7.59. The minimum absolute atomic E-state index is 0.0445. The Bertz CT molecular complexity index is 4420. The molecule has 0 unspecified atom stereocenters. The number of esters is 1. The van der Waals surface area contributed by atoms with Gasteiger partial charge in [0, 0.05) is 116 Å². The van der Waals surface area contributed by atoms with E-state index in [4.69, 9.17) is 73.1 Å². The quantitative estimate of drug-likeness (QED) is 0.00808. The molecule has 10 N–H and O–H groups in total. The van der Waals surface area contributed by atoms with Crippen LogP contribution in [0.4, 0.5) is 11.8 Å². The van der Waals surface area contributed by atoms with Crippen molar-refractivity contribution in [3.63, 3.8) is 0 Å². The molecule has 1 aromatic carbocycles. The molecule has 16 atom stereocenters. The number of amides is 4. The second kappa shape index (κ2) is 52.7. The lowest BCUT2D eigenvalue weighted by atomic mass is 9.77. The number of methoxy groups -OCH3 is 3. The molecule has 0 spiro atoms. The van der Waals surface area contributed by atoms with E-state index in [0.29, 0.717) is 209 Å². The number of Topliss-reactive ketones (excluding diaryl/α,β-unsaturated/α-hetero) is 2. The third kappa shape index (κ3) is 31.2. The van der Waals surface area contributed by atoms with Gasteiger partial charge in [-0.25, -0.2) is 24.1 Å². The van der Waals surface area contributed by atoms with Gasteiger partial charge < -0.3 is 104 Å². The number of nitrogens with one attached hydrogen (secondary N) is 3. The number of hydrogen-bond acceptors (Lipinski definition) is 30. The zero-order valence-corrected chi connectivity index (χ0v) is 75.7. The van der Waals surface area contributed by atoms with Crippen LogP contribution in [0.5, 0.6) is 0 Å². The number of unbranched alkanes of at least 4 members (excludes halogenated alkanes) is 1. The van der Waals surface area contributed by atoms with Gasteiger partial charge >= 0.3 is 5.97 Å². The van der Waals surface area contributed by atoms with E-state index in [1.165, 1.54) is 11.2 Å². The van der Waals surface area contributed by atoms with E-state index in [9.17, 15) is 48.9 Å². The summed E-state index contributed by atoms with van der Waals surface area (Å²) >= 11 is 0. The lowest BCUT2D eigenvalue weighted by molar-refractivity contribution is -0.265. The summed E-state index contributed by atoms with van der Waals surface area (Å²) in [5, 5.41) is 58.1. The number of benzene rings is 1. The number of oxazole rings is 1. The van der Waals surface area contributed by atoms with E-state index in [1.807, 2.05) is 81.1 Å². The summed E-state index contributed by atoms with van der Waals surface area (Å²) in [6.45, 7) is 18.5. The number of allylic oxidation sites excluding steroid dienone is 5. The fraction of sp³-hybridized carbons (Fsp3) is 0.681. The molecule has 704 valence electrons. The summed E-state index contributed by atoms with van der Waals surface area (Å²) in [6.07, 6.45) is 17.7. The molecule has 9 rings (SSSR count). The Morgan fingerprint density at radius 2 is 1.35 bits per heavy atom. The maximum atomic E-state index is 14.9. The second-order valence-corrected chi connectivity index (χ2v) is 34.0. The highest BCUT2D eigenvalue weighted by Gasteiger charge is 2.53. The number of aliphatic hydroxyl groups is 3. The summed E-state index contributed by atoms with van der Waals surface area (Å²) < 4.78 is 73.6. The van der Waals surface area contributed by atoms with Gasteiger partial charge in [0.2, 0.25) is 23.5 Å². The zero-order valence-electron chi connectivity index (χ0n) is 75.7. The van der Waals surface area contributed by atoms with Crippen LogP contribution in [0.3, 0.4) is 0 Å². The van der Waals surface area contributed by atoms with Gasteiger partial charge in [0.15, 0.2) is 17.0 Å². The first-order valence-corrected chi connectivity index (χ1v) is 45.1. The van der Waals surface area contributed by atoms with Gasteiger partial charge in [-0.1, -0.05) is 76.3 Å². The van der Waals surface area contributed by atoms with Crippen molar-refractivity contribution in [1.29, 1.82) is 0 Å². The van der Waals surface area contributed by atoms with Gasteiger partial charge in [-0.2, -0.15) is 10.1 Å². The predicted molar refractivity (Wildman–Crippen MR) is 472 cm³/mol. The molecule has 3 fully saturated rings. The van der Waals surface area contributed by atoms with E-state index in [-0.39, 0.29) is 105 Å². The molecule has 0 radical (unpaired) electrons. The van der Waals surface area contributed by atoms with Crippen LogP contribution >= 0.6 is 0 Å². The fourth-order valence-corrected chi connectivity index (χ4v) is 17.0. The molecule has 36 nitrogen and oxygen atoms in total. The number of aryl methyl sites for hydroxylation is 2. The monoisotopic (exact) mass is 1780 g/mol. The van der Waals surface area contributed by atoms with Crippen LogP contribution in [-0.4, -0.2) is 282 Å². The number of nitrogens with zero attached hydrogens (tertiary/aromatic N) is 9. The van der Waals surface area contributed by atoms with E-state index >= 15 is 0 Å². The van der Waals surface area contributed by atoms with Gasteiger partial charge in [-0.3, -0.25) is 28.8 Å². The number of rotatable bonds is 41. The number of nitrogens with two attached hydrogens (primary N) is 2. The van der Waals surface area contributed by atoms with Crippen LogP contribution in [0.25, 0.3) is 33.4 Å². The summed E-state index contributed by atoms with van der Waals surface area (Å²) in [4.78, 5) is 109. The van der Waals surface area contributed by atoms with Crippen molar-refractivity contribution < 1.29 is 105 Å². The van der Waals surface area contributed by atoms with E-state index in [1.54, 1.807) is 58.9 Å². The van der Waals surface area contributed by atoms with Crippen LogP contribution in [-0.2, 0) is 98.6 Å². The van der Waals surface area contributed by atoms with Crippen molar-refractivity contribution in [2.45, 2.75) is 238 Å². The molecule has 7 heterocycles. The average molecular weight is 1780 g/mol. The van der Waals surface area contributed by atoms with E-state index in [0.717, 1.165) is 29.7 Å². The Labute approximate surface area is 744 Å². The third-order valence-corrected chi connectivity index (χ3v) is 24.4. The molecule has 1 saturated carbocycles. The molecule has 1 aliphatic carbocycles. The van der Waals surface area contributed by atoms with Crippen molar-refractivity contribution >= 4 is 75.1 Å². The van der Waals surface area contributed by atoms with Crippen molar-refractivity contribution in [3.8, 4) is 11.3 Å². The normalized spacial score (nSPS) is 27.0. The first-order chi connectivity index (χ1) is 61.2. The number of piperidine rings is 1. The van der Waals surface area contributed by atoms with E-state index < -0.39 is 89.6 Å². The SMILES string of the molecule is CO[C@H]1C[C@@H]2CC[C@@H](C)[C@@](O)(O2)C(=O)C(=O)N2CCCC[C@H]2C(=O)O[C@H]([C@H](C)C[C@@H]2CC[C@H](n3cc(CCCC(=O)NCCOCCOCCOCCC(=O)NCCOCCOCCOCCC(=O)NCCCCn4nc(-c5ccc6oc(N)nc6c5)c5c(N)ncnc54)nn3)[C@H](OC)C2)C[C@@H](OC)[C@H](C)/C=C(\C)[C@@H](O)[C@@H](O)C(=O)[C@H](C)C[C@H](C)/C=C/C=C/C=C/1C. The largest absolute Gasteiger partial charge is 0.460 e. The van der Waals surface area contributed by atoms with Crippen LogP contribution in [0.1, 0.15) is 176 Å². The maximum Gasteiger partial charge on any atom is 0.329 e. The number of ether oxygens (including phenoxy) is 11. The lowest BCUT2D eigenvalue weighted by Gasteiger charge is -2.43. The Kier molecular flexibility index (Phi) is 42.3. The highest BCUT2D eigenvalue weighted by Crippen LogP contribution is 2.41. The van der Waals surface area contributed by atoms with Crippen molar-refractivity contribution in [2.75, 3.05) is 138 Å². The van der Waals surface area contributed by atoms with Gasteiger partial charge in [-0.15, -0.1) is 5.10 Å². The minimum Gasteiger partial charge on any atom is -0.460 e. The van der Waals surface area contributed by atoms with Crippen LogP contribution in [0, 0.1) is 35.5 Å². The summed E-state index contributed by atoms with van der Waals surface area (Å²) in [5.41, 5.74) is 17.2. The number of fused-ring (bicyclic) bond motifs is 5. The summed E-state index contributed by atoms with van der Waals surface area (Å²) in [7, 11) is 4.80. The maximum absolute atomic E-state index is 14.9. The highest BCUT2D eigenvalue weighted by atomic mass is 16.6. The molecule has 3 aliphatic heterocycles. The molecule has 4 aliphatic rings. The molecule has 5 aromatic rings. The van der Waals surface area contributed by atoms with Crippen LogP contribution in [0.15, 0.2) is 82.7 Å². The number of carbonyl (C=O) groups excluding carboxylic acids is 7. The number of carbonyl (C=O) groups is 7. The number of anilines is 2. The number of cyclic esters (lactones) is 1. The number of nitrogen functional groups attached to an aromatic ring is 2. The lowest BCUT2D eigenvalue weighted by Crippen LogP contribution is -2.61. The Morgan fingerprint density at radius 1 is 0.693 bits per heavy atom. The van der Waals surface area contributed by atoms with E-state index in [2.05, 4.69) is 41.2 Å². The van der Waals surface area contributed by atoms with Crippen molar-refractivity contribution in [2.24, 2.45) is 35.5 Å². The molecular formula is C91H138N14O22. The Balaban J connectivity index is 0.610. The number of aliphatic hydroxyl groups excluding tert-OH is 2. The molecular weight excluding hydrogens is 1640 g/mol. The van der Waals surface area contributed by atoms with Crippen molar-refractivity contribution in [3.05, 3.63) is 84.0 Å². The van der Waals surface area contributed by atoms with Crippen LogP contribution < -0.4 is 27.4 Å². The van der Waals surface area contributed by atoms with Gasteiger partial charge in [-0.05, 0) is 151 Å². The molecule has 2 saturated heterocycles. The zero-order chi connectivity index (χ0) is 91.4. The smallest absolute Gasteiger partial charge is 0.329 e. The molecule has 36 heteroatoms. The van der Waals surface area contributed by atoms with Crippen molar-refractivity contribution in [1.82, 2.24) is 60.6 Å². The first kappa shape index (κ1) is 102. The number of aromatic nitrogens is 8. The Hall–Kier alpha value is -8.89. The molecule has 127 heavy (non-hydrogen) atoms. The summed E-state index contributed by atoms with van der Waals surface area (Å²) in [6, 6.07) is 4.28.